The van der Waals surface area contributed by atoms with Crippen LogP contribution in [0.15, 0.2) is 30.3 Å². The highest BCUT2D eigenvalue weighted by Crippen LogP contribution is 2.05. The van der Waals surface area contributed by atoms with Crippen molar-refractivity contribution >= 4 is 5.97 Å². The molecule has 0 aromatic heterocycles. The molecule has 0 radical (unpaired) electrons. The molecule has 1 N–H and O–H groups in total. The lowest BCUT2D eigenvalue weighted by Crippen LogP contribution is -2.40. The summed E-state index contributed by atoms with van der Waals surface area (Å²) in [7, 11) is 1.43. The Balaban J connectivity index is 2.53. The molecule has 0 heterocycles. The van der Waals surface area contributed by atoms with Gasteiger partial charge in [0.15, 0.2) is 0 Å². The lowest BCUT2D eigenvalue weighted by molar-refractivity contribution is -0.143. The number of hydrogen-bond acceptors (Lipinski definition) is 3. The van der Waals surface area contributed by atoms with Gasteiger partial charge in [-0.2, -0.15) is 0 Å². The molecule has 0 fully saturated rings. The Bertz CT molecular complexity index is 349. The van der Waals surface area contributed by atoms with Crippen LogP contribution in [0.5, 0.6) is 0 Å². The van der Waals surface area contributed by atoms with E-state index in [0.29, 0.717) is 12.3 Å². The van der Waals surface area contributed by atoms with Crippen LogP contribution in [0.2, 0.25) is 0 Å². The molecule has 0 aliphatic carbocycles. The molecule has 1 rings (SSSR count). The van der Waals surface area contributed by atoms with Crippen molar-refractivity contribution in [2.24, 2.45) is 5.92 Å². The minimum absolute atomic E-state index is 0.192. The quantitative estimate of drug-likeness (QED) is 0.754. The van der Waals surface area contributed by atoms with Crippen LogP contribution in [0, 0.1) is 5.92 Å². The van der Waals surface area contributed by atoms with E-state index in [-0.39, 0.29) is 12.0 Å². The van der Waals surface area contributed by atoms with Crippen molar-refractivity contribution in [2.75, 3.05) is 13.7 Å². The first-order valence-electron chi connectivity index (χ1n) is 6.48. The summed E-state index contributed by atoms with van der Waals surface area (Å²) in [5.41, 5.74) is 1.14. The highest BCUT2D eigenvalue weighted by atomic mass is 16.5. The van der Waals surface area contributed by atoms with Gasteiger partial charge >= 0.3 is 5.97 Å². The maximum Gasteiger partial charge on any atom is 0.323 e. The van der Waals surface area contributed by atoms with Gasteiger partial charge in [-0.3, -0.25) is 4.79 Å². The van der Waals surface area contributed by atoms with Gasteiger partial charge in [-0.1, -0.05) is 44.2 Å². The van der Waals surface area contributed by atoms with Gasteiger partial charge in [0, 0.05) is 0 Å². The van der Waals surface area contributed by atoms with E-state index in [0.717, 1.165) is 18.5 Å². The van der Waals surface area contributed by atoms with Crippen LogP contribution in [0.25, 0.3) is 0 Å². The van der Waals surface area contributed by atoms with Gasteiger partial charge in [0.1, 0.15) is 6.04 Å². The Hall–Kier alpha value is -1.35. The number of methoxy groups -OCH3 is 1. The number of ether oxygens (including phenoxy) is 1. The largest absolute Gasteiger partial charge is 0.468 e. The molecule has 0 saturated carbocycles. The number of esters is 1. The van der Waals surface area contributed by atoms with Gasteiger partial charge in [0.2, 0.25) is 0 Å². The zero-order valence-electron chi connectivity index (χ0n) is 11.5. The van der Waals surface area contributed by atoms with Gasteiger partial charge in [-0.25, -0.2) is 0 Å². The van der Waals surface area contributed by atoms with E-state index >= 15 is 0 Å². The zero-order chi connectivity index (χ0) is 13.4. The van der Waals surface area contributed by atoms with Crippen molar-refractivity contribution in [3.63, 3.8) is 0 Å². The second-order valence-corrected chi connectivity index (χ2v) is 4.90. The molecule has 0 unspecified atom stereocenters. The molecule has 3 heteroatoms. The predicted octanol–water partition coefficient (Wildman–Crippen LogP) is 2.41. The zero-order valence-corrected chi connectivity index (χ0v) is 11.5. The van der Waals surface area contributed by atoms with E-state index in [1.165, 1.54) is 7.11 Å². The fourth-order valence-corrected chi connectivity index (χ4v) is 1.78. The molecule has 18 heavy (non-hydrogen) atoms. The molecule has 0 spiro atoms. The molecule has 0 saturated heterocycles. The van der Waals surface area contributed by atoms with E-state index in [4.69, 9.17) is 4.74 Å². The average Bonchev–Trinajstić information content (AvgIpc) is 2.37. The number of rotatable bonds is 7. The molecule has 0 bridgehead atoms. The van der Waals surface area contributed by atoms with E-state index in [9.17, 15) is 4.79 Å². The number of nitrogens with one attached hydrogen (secondary N) is 1. The Morgan fingerprint density at radius 1 is 1.28 bits per heavy atom. The molecule has 0 aliphatic rings. The van der Waals surface area contributed by atoms with Crippen LogP contribution >= 0.6 is 0 Å². The highest BCUT2D eigenvalue weighted by molar-refractivity contribution is 5.76. The number of carbonyl (C=O) groups is 1. The first-order chi connectivity index (χ1) is 8.63. The number of benzene rings is 1. The van der Waals surface area contributed by atoms with Gasteiger partial charge in [0.25, 0.3) is 0 Å². The Kier molecular flexibility index (Phi) is 6.44. The van der Waals surface area contributed by atoms with E-state index in [2.05, 4.69) is 19.2 Å². The van der Waals surface area contributed by atoms with Gasteiger partial charge in [0.05, 0.1) is 7.11 Å². The van der Waals surface area contributed by atoms with Crippen LogP contribution in [0.4, 0.5) is 0 Å². The van der Waals surface area contributed by atoms with Crippen molar-refractivity contribution in [3.05, 3.63) is 35.9 Å². The third kappa shape index (κ3) is 5.32. The van der Waals surface area contributed by atoms with Crippen LogP contribution < -0.4 is 5.32 Å². The molecule has 0 amide bonds. The second-order valence-electron chi connectivity index (χ2n) is 4.90. The molecule has 1 aromatic carbocycles. The summed E-state index contributed by atoms with van der Waals surface area (Å²) >= 11 is 0. The smallest absolute Gasteiger partial charge is 0.323 e. The molecule has 1 atom stereocenters. The summed E-state index contributed by atoms with van der Waals surface area (Å²) < 4.78 is 4.84. The lowest BCUT2D eigenvalue weighted by atomic mass is 10.1. The monoisotopic (exact) mass is 249 g/mol. The molecular formula is C15H23NO2. The summed E-state index contributed by atoms with van der Waals surface area (Å²) in [5, 5.41) is 3.28. The van der Waals surface area contributed by atoms with Crippen molar-refractivity contribution in [3.8, 4) is 0 Å². The standard InChI is InChI=1S/C15H23NO2/c1-12(2)9-10-16-14(15(17)18-3)11-13-7-5-4-6-8-13/h4-8,12,14,16H,9-11H2,1-3H3/t14-/m0/s1. The fourth-order valence-electron chi connectivity index (χ4n) is 1.78. The third-order valence-electron chi connectivity index (χ3n) is 2.88. The van der Waals surface area contributed by atoms with Crippen molar-refractivity contribution < 1.29 is 9.53 Å². The topological polar surface area (TPSA) is 38.3 Å². The van der Waals surface area contributed by atoms with Crippen LogP contribution in [0.3, 0.4) is 0 Å². The van der Waals surface area contributed by atoms with E-state index in [1.807, 2.05) is 30.3 Å². The SMILES string of the molecule is COC(=O)[C@H](Cc1ccccc1)NCCC(C)C. The molecule has 1 aromatic rings. The summed E-state index contributed by atoms with van der Waals surface area (Å²) in [4.78, 5) is 11.7. The fraction of sp³-hybridized carbons (Fsp3) is 0.533. The number of hydrogen-bond donors (Lipinski definition) is 1. The highest BCUT2D eigenvalue weighted by Gasteiger charge is 2.18. The minimum Gasteiger partial charge on any atom is -0.468 e. The first kappa shape index (κ1) is 14.7. The van der Waals surface area contributed by atoms with E-state index < -0.39 is 0 Å². The summed E-state index contributed by atoms with van der Waals surface area (Å²) in [6, 6.07) is 9.74. The number of carbonyl (C=O) groups excluding carboxylic acids is 1. The third-order valence-corrected chi connectivity index (χ3v) is 2.88. The van der Waals surface area contributed by atoms with E-state index in [1.54, 1.807) is 0 Å². The van der Waals surface area contributed by atoms with Crippen molar-refractivity contribution in [1.29, 1.82) is 0 Å². The Labute approximate surface area is 110 Å². The Morgan fingerprint density at radius 3 is 2.50 bits per heavy atom. The van der Waals surface area contributed by atoms with Crippen LogP contribution in [-0.4, -0.2) is 25.7 Å². The molecular weight excluding hydrogens is 226 g/mol. The summed E-state index contributed by atoms with van der Waals surface area (Å²) in [5.74, 6) is 0.440. The van der Waals surface area contributed by atoms with Crippen LogP contribution in [-0.2, 0) is 16.0 Å². The molecule has 0 aliphatic heterocycles. The van der Waals surface area contributed by atoms with Gasteiger partial charge < -0.3 is 10.1 Å². The normalized spacial score (nSPS) is 12.4. The van der Waals surface area contributed by atoms with Crippen LogP contribution in [0.1, 0.15) is 25.8 Å². The minimum atomic E-state index is -0.254. The Morgan fingerprint density at radius 2 is 1.94 bits per heavy atom. The molecule has 3 nitrogen and oxygen atoms in total. The maximum atomic E-state index is 11.7. The molecule has 100 valence electrons. The van der Waals surface area contributed by atoms with Gasteiger partial charge in [-0.05, 0) is 30.9 Å². The average molecular weight is 249 g/mol. The lowest BCUT2D eigenvalue weighted by Gasteiger charge is -2.17. The van der Waals surface area contributed by atoms with Crippen molar-refractivity contribution in [1.82, 2.24) is 5.32 Å². The predicted molar refractivity (Wildman–Crippen MR) is 73.4 cm³/mol. The second kappa shape index (κ2) is 7.88. The van der Waals surface area contributed by atoms with Gasteiger partial charge in [-0.15, -0.1) is 0 Å². The maximum absolute atomic E-state index is 11.7. The summed E-state index contributed by atoms with van der Waals surface area (Å²) in [6.45, 7) is 5.18. The van der Waals surface area contributed by atoms with Crippen molar-refractivity contribution in [2.45, 2.75) is 32.7 Å². The first-order valence-corrected chi connectivity index (χ1v) is 6.48. The summed E-state index contributed by atoms with van der Waals surface area (Å²) in [6.07, 6.45) is 1.73.